The fourth-order valence-electron chi connectivity index (χ4n) is 3.95. The summed E-state index contributed by atoms with van der Waals surface area (Å²) in [6.45, 7) is 4.92. The molecule has 0 bridgehead atoms. The number of sulfonamides is 1. The summed E-state index contributed by atoms with van der Waals surface area (Å²) in [7, 11) is -1.71. The normalized spacial score (nSPS) is 17.4. The molecule has 11 heteroatoms. The van der Waals surface area contributed by atoms with Crippen LogP contribution in [0.15, 0.2) is 44.1 Å². The molecule has 0 N–H and O–H groups in total. The molecule has 0 radical (unpaired) electrons. The maximum absolute atomic E-state index is 13.2. The van der Waals surface area contributed by atoms with E-state index in [0.717, 1.165) is 40.2 Å². The van der Waals surface area contributed by atoms with E-state index < -0.39 is 10.0 Å². The predicted molar refractivity (Wildman–Crippen MR) is 115 cm³/mol. The van der Waals surface area contributed by atoms with Crippen molar-refractivity contribution in [1.29, 1.82) is 0 Å². The number of hydrogen-bond acceptors (Lipinski definition) is 7. The first-order chi connectivity index (χ1) is 14.4. The van der Waals surface area contributed by atoms with Crippen LogP contribution in [0.3, 0.4) is 0 Å². The third-order valence-corrected chi connectivity index (χ3v) is 8.00. The highest BCUT2D eigenvalue weighted by molar-refractivity contribution is 7.89. The lowest BCUT2D eigenvalue weighted by molar-refractivity contribution is 0.181. The monoisotopic (exact) mass is 443 g/mol. The molecule has 1 aromatic carbocycles. The lowest BCUT2D eigenvalue weighted by Gasteiger charge is -2.34. The molecule has 1 fully saturated rings. The molecule has 9 nitrogen and oxygen atoms in total. The molecule has 2 aliphatic rings. The zero-order valence-corrected chi connectivity index (χ0v) is 18.3. The highest BCUT2D eigenvalue weighted by Crippen LogP contribution is 2.38. The Morgan fingerprint density at radius 2 is 1.93 bits per heavy atom. The predicted octanol–water partition coefficient (Wildman–Crippen LogP) is 2.51. The molecular formula is C19H21N7O2S2. The van der Waals surface area contributed by atoms with E-state index >= 15 is 0 Å². The Balaban J connectivity index is 1.29. The third-order valence-electron chi connectivity index (χ3n) is 5.52. The minimum absolute atomic E-state index is 0.240. The van der Waals surface area contributed by atoms with Crippen molar-refractivity contribution in [2.75, 3.05) is 26.2 Å². The Kier molecular flexibility index (Phi) is 4.77. The van der Waals surface area contributed by atoms with E-state index in [1.807, 2.05) is 20.2 Å². The minimum atomic E-state index is -3.60. The summed E-state index contributed by atoms with van der Waals surface area (Å²) < 4.78 is 38.0. The molecule has 0 spiro atoms. The number of aromatic nitrogens is 3. The molecule has 0 amide bonds. The van der Waals surface area contributed by atoms with E-state index in [9.17, 15) is 8.42 Å². The van der Waals surface area contributed by atoms with Gasteiger partial charge in [-0.2, -0.15) is 18.1 Å². The van der Waals surface area contributed by atoms with Crippen molar-refractivity contribution >= 4 is 43.8 Å². The molecule has 3 aromatic rings. The Morgan fingerprint density at radius 3 is 2.73 bits per heavy atom. The van der Waals surface area contributed by atoms with Crippen molar-refractivity contribution in [3.63, 3.8) is 0 Å². The second-order valence-corrected chi connectivity index (χ2v) is 9.93. The van der Waals surface area contributed by atoms with Crippen LogP contribution in [0, 0.1) is 6.92 Å². The highest BCUT2D eigenvalue weighted by Gasteiger charge is 2.31. The zero-order valence-electron chi connectivity index (χ0n) is 16.7. The van der Waals surface area contributed by atoms with Gasteiger partial charge in [-0.3, -0.25) is 9.58 Å². The molecule has 5 rings (SSSR count). The molecule has 156 valence electrons. The van der Waals surface area contributed by atoms with Crippen molar-refractivity contribution in [3.8, 4) is 0 Å². The summed E-state index contributed by atoms with van der Waals surface area (Å²) in [5.74, 6) is 0. The maximum atomic E-state index is 13.2. The summed E-state index contributed by atoms with van der Waals surface area (Å²) >= 11 is 1.03. The van der Waals surface area contributed by atoms with Crippen LogP contribution >= 0.6 is 0 Å². The van der Waals surface area contributed by atoms with Crippen molar-refractivity contribution in [3.05, 3.63) is 41.7 Å². The first-order valence-corrected chi connectivity index (χ1v) is 11.8. The van der Waals surface area contributed by atoms with Gasteiger partial charge in [-0.25, -0.2) is 13.4 Å². The van der Waals surface area contributed by atoms with Crippen LogP contribution in [-0.4, -0.2) is 58.6 Å². The average molecular weight is 444 g/mol. The van der Waals surface area contributed by atoms with Crippen molar-refractivity contribution in [2.24, 2.45) is 15.8 Å². The molecule has 0 aliphatic carbocycles. The number of piperazine rings is 1. The molecule has 1 saturated heterocycles. The number of hydrogen-bond donors (Lipinski definition) is 0. The topological polar surface area (TPSA) is 96.1 Å². The molecular weight excluding hydrogens is 422 g/mol. The van der Waals surface area contributed by atoms with Crippen LogP contribution in [0.1, 0.15) is 11.3 Å². The Bertz CT molecular complexity index is 1320. The average Bonchev–Trinajstić information content (AvgIpc) is 3.32. The second kappa shape index (κ2) is 7.34. The van der Waals surface area contributed by atoms with Crippen molar-refractivity contribution in [1.82, 2.24) is 24.0 Å². The summed E-state index contributed by atoms with van der Waals surface area (Å²) in [6, 6.07) is 7.24. The number of benzene rings is 1. The number of nitrogens with zero attached hydrogens (tertiary/aromatic N) is 7. The van der Waals surface area contributed by atoms with Gasteiger partial charge in [0.25, 0.3) is 0 Å². The lowest BCUT2D eigenvalue weighted by Crippen LogP contribution is -2.48. The largest absolute Gasteiger partial charge is 0.296 e. The Hall–Kier alpha value is -2.47. The Morgan fingerprint density at radius 1 is 1.13 bits per heavy atom. The molecule has 2 aliphatic heterocycles. The summed E-state index contributed by atoms with van der Waals surface area (Å²) in [5, 5.41) is 5.48. The Labute approximate surface area is 178 Å². The van der Waals surface area contributed by atoms with Gasteiger partial charge in [0.05, 0.1) is 17.0 Å². The van der Waals surface area contributed by atoms with E-state index in [0.29, 0.717) is 37.6 Å². The van der Waals surface area contributed by atoms with Crippen LogP contribution in [0.4, 0.5) is 11.4 Å². The minimum Gasteiger partial charge on any atom is -0.296 e. The van der Waals surface area contributed by atoms with Gasteiger partial charge in [-0.05, 0) is 30.7 Å². The maximum Gasteiger partial charge on any atom is 0.245 e. The molecule has 30 heavy (non-hydrogen) atoms. The molecule has 0 saturated carbocycles. The first-order valence-electron chi connectivity index (χ1n) is 9.65. The molecule has 0 unspecified atom stereocenters. The van der Waals surface area contributed by atoms with E-state index in [-0.39, 0.29) is 4.90 Å². The van der Waals surface area contributed by atoms with E-state index in [2.05, 4.69) is 29.8 Å². The quantitative estimate of drug-likeness (QED) is 0.483. The zero-order chi connectivity index (χ0) is 20.9. The van der Waals surface area contributed by atoms with Crippen LogP contribution < -0.4 is 0 Å². The first kappa shape index (κ1) is 19.5. The molecule has 0 atom stereocenters. The van der Waals surface area contributed by atoms with Gasteiger partial charge in [0.2, 0.25) is 10.0 Å². The van der Waals surface area contributed by atoms with Crippen LogP contribution in [0.25, 0.3) is 11.0 Å². The summed E-state index contributed by atoms with van der Waals surface area (Å²) in [4.78, 5) is 7.04. The number of fused-ring (bicyclic) bond motifs is 2. The third kappa shape index (κ3) is 3.27. The van der Waals surface area contributed by atoms with E-state index in [1.165, 1.54) is 0 Å². The van der Waals surface area contributed by atoms with Gasteiger partial charge < -0.3 is 0 Å². The van der Waals surface area contributed by atoms with Gasteiger partial charge in [0.15, 0.2) is 5.65 Å². The van der Waals surface area contributed by atoms with Gasteiger partial charge in [0, 0.05) is 51.4 Å². The molecule has 2 aromatic heterocycles. The van der Waals surface area contributed by atoms with E-state index in [4.69, 9.17) is 0 Å². The standard InChI is InChI=1S/C19H21N7O2S2/c1-13-15-10-14(11-20-19(15)24(2)21-13)12-25-6-8-26(9-7-25)30(27,28)17-5-3-4-16-18(17)23-29-22-16/h3-5,10-11H,6-9,12H2,1-2H3. The SMILES string of the molecule is Cc1nn(C)c2ncc(CN3CCN(S(=O)(=O)c4cccc5c4N=S=N5)CC3)cc12. The van der Waals surface area contributed by atoms with Gasteiger partial charge in [-0.1, -0.05) is 6.07 Å². The van der Waals surface area contributed by atoms with Gasteiger partial charge in [-0.15, -0.1) is 0 Å². The van der Waals surface area contributed by atoms with Crippen molar-refractivity contribution < 1.29 is 8.42 Å². The highest BCUT2D eigenvalue weighted by atomic mass is 32.2. The van der Waals surface area contributed by atoms with Gasteiger partial charge in [0.1, 0.15) is 16.3 Å². The van der Waals surface area contributed by atoms with Crippen LogP contribution in [-0.2, 0) is 35.0 Å². The summed E-state index contributed by atoms with van der Waals surface area (Å²) in [5.41, 5.74) is 4.01. The number of pyridine rings is 1. The van der Waals surface area contributed by atoms with Crippen LogP contribution in [0.5, 0.6) is 0 Å². The van der Waals surface area contributed by atoms with Crippen LogP contribution in [0.2, 0.25) is 0 Å². The number of rotatable bonds is 4. The second-order valence-electron chi connectivity index (χ2n) is 7.49. The van der Waals surface area contributed by atoms with Gasteiger partial charge >= 0.3 is 0 Å². The van der Waals surface area contributed by atoms with Crippen molar-refractivity contribution in [2.45, 2.75) is 18.4 Å². The molecule has 4 heterocycles. The summed E-state index contributed by atoms with van der Waals surface area (Å²) in [6.07, 6.45) is 1.88. The number of aryl methyl sites for hydroxylation is 2. The lowest BCUT2D eigenvalue weighted by atomic mass is 10.2. The smallest absolute Gasteiger partial charge is 0.245 e. The van der Waals surface area contributed by atoms with E-state index in [1.54, 1.807) is 27.2 Å². The fraction of sp³-hybridized carbons (Fsp3) is 0.368. The fourth-order valence-corrected chi connectivity index (χ4v) is 6.13.